The molecule has 5 nitrogen and oxygen atoms in total. The van der Waals surface area contributed by atoms with Crippen molar-refractivity contribution in [1.29, 1.82) is 0 Å². The number of hydrogen-bond acceptors (Lipinski definition) is 4. The fourth-order valence-corrected chi connectivity index (χ4v) is 8.13. The normalized spacial score (nSPS) is 11.5. The molecule has 0 spiro atoms. The summed E-state index contributed by atoms with van der Waals surface area (Å²) >= 11 is 0. The summed E-state index contributed by atoms with van der Waals surface area (Å²) in [4.78, 5) is 21.0. The summed E-state index contributed by atoms with van der Waals surface area (Å²) in [7, 11) is 0. The second-order valence-electron chi connectivity index (χ2n) is 14.2. The van der Waals surface area contributed by atoms with Gasteiger partial charge in [-0.05, 0) is 33.2 Å². The lowest BCUT2D eigenvalue weighted by molar-refractivity contribution is 1.05. The Labute approximate surface area is 329 Å². The zero-order valence-electron chi connectivity index (χ0n) is 30.8. The number of benzene rings is 8. The van der Waals surface area contributed by atoms with Crippen molar-refractivity contribution in [2.75, 3.05) is 0 Å². The van der Waals surface area contributed by atoms with E-state index in [4.69, 9.17) is 19.9 Å². The van der Waals surface area contributed by atoms with Crippen molar-refractivity contribution in [3.63, 3.8) is 0 Å². The lowest BCUT2D eigenvalue weighted by Gasteiger charge is -2.14. The largest absolute Gasteiger partial charge is 0.277 e. The number of aromatic nitrogens is 5. The first-order valence-corrected chi connectivity index (χ1v) is 19.1. The Morgan fingerprint density at radius 3 is 1.54 bits per heavy atom. The van der Waals surface area contributed by atoms with Crippen molar-refractivity contribution in [3.8, 4) is 67.9 Å². The van der Waals surface area contributed by atoms with Crippen molar-refractivity contribution in [3.05, 3.63) is 200 Å². The molecule has 3 aromatic heterocycles. The molecule has 0 bridgehead atoms. The molecule has 0 saturated heterocycles. The van der Waals surface area contributed by atoms with Crippen LogP contribution < -0.4 is 0 Å². The summed E-state index contributed by atoms with van der Waals surface area (Å²) < 4.78 is 2.23. The van der Waals surface area contributed by atoms with E-state index in [-0.39, 0.29) is 0 Å². The fourth-order valence-electron chi connectivity index (χ4n) is 8.13. The predicted molar refractivity (Wildman–Crippen MR) is 234 cm³/mol. The van der Waals surface area contributed by atoms with E-state index in [2.05, 4.69) is 180 Å². The molecule has 0 radical (unpaired) electrons. The van der Waals surface area contributed by atoms with E-state index >= 15 is 0 Å². The minimum atomic E-state index is 0.693. The first-order valence-electron chi connectivity index (χ1n) is 19.1. The van der Waals surface area contributed by atoms with Crippen LogP contribution in [-0.2, 0) is 0 Å². The van der Waals surface area contributed by atoms with Crippen molar-refractivity contribution >= 4 is 38.0 Å². The van der Waals surface area contributed by atoms with Gasteiger partial charge >= 0.3 is 0 Å². The van der Waals surface area contributed by atoms with E-state index in [0.29, 0.717) is 11.6 Å². The quantitative estimate of drug-likeness (QED) is 0.171. The van der Waals surface area contributed by atoms with Crippen LogP contribution in [0.1, 0.15) is 0 Å². The van der Waals surface area contributed by atoms with Gasteiger partial charge < -0.3 is 0 Å². The van der Waals surface area contributed by atoms with E-state index in [0.717, 1.165) is 88.9 Å². The molecule has 0 N–H and O–H groups in total. The molecule has 0 atom stereocenters. The molecule has 0 aliphatic heterocycles. The van der Waals surface area contributed by atoms with Gasteiger partial charge in [-0.25, -0.2) is 19.9 Å². The van der Waals surface area contributed by atoms with Crippen LogP contribution >= 0.6 is 0 Å². The molecule has 0 amide bonds. The van der Waals surface area contributed by atoms with E-state index in [1.54, 1.807) is 0 Å². The first-order chi connectivity index (χ1) is 28.3. The standard InChI is InChI=1S/C52H33N5/c1-3-17-38(18-4-1)49-55-51(39-19-5-2-6-20-39)57-48(43-25-11-12-26-45(43)52(57)56-49)37-31-29-36(30-32-37)46-33-47(42-27-13-21-34-15-7-9-23-40(34)42)54-50(53-46)44-28-14-22-35-16-8-10-24-41(35)44/h1-33H. The van der Waals surface area contributed by atoms with Gasteiger partial charge in [-0.2, -0.15) is 0 Å². The third kappa shape index (κ3) is 5.64. The van der Waals surface area contributed by atoms with Gasteiger partial charge in [-0.15, -0.1) is 0 Å². The smallest absolute Gasteiger partial charge is 0.163 e. The lowest BCUT2D eigenvalue weighted by Crippen LogP contribution is -2.03. The summed E-state index contributed by atoms with van der Waals surface area (Å²) in [6, 6.07) is 69.6. The van der Waals surface area contributed by atoms with E-state index < -0.39 is 0 Å². The Kier molecular flexibility index (Phi) is 7.74. The van der Waals surface area contributed by atoms with Crippen LogP contribution in [0.25, 0.3) is 106 Å². The van der Waals surface area contributed by atoms with Gasteiger partial charge in [0.15, 0.2) is 11.6 Å². The van der Waals surface area contributed by atoms with E-state index in [9.17, 15) is 0 Å². The monoisotopic (exact) mass is 727 g/mol. The minimum Gasteiger partial charge on any atom is -0.277 e. The fraction of sp³-hybridized carbons (Fsp3) is 0. The van der Waals surface area contributed by atoms with Gasteiger partial charge in [-0.1, -0.05) is 194 Å². The summed E-state index contributed by atoms with van der Waals surface area (Å²) in [5.74, 6) is 2.23. The maximum Gasteiger partial charge on any atom is 0.163 e. The number of nitrogens with zero attached hydrogens (tertiary/aromatic N) is 5. The van der Waals surface area contributed by atoms with Crippen molar-refractivity contribution in [2.45, 2.75) is 0 Å². The van der Waals surface area contributed by atoms with Crippen LogP contribution in [0.4, 0.5) is 0 Å². The highest BCUT2D eigenvalue weighted by atomic mass is 15.1. The molecule has 8 aromatic carbocycles. The second-order valence-corrected chi connectivity index (χ2v) is 14.2. The first kappa shape index (κ1) is 32.7. The van der Waals surface area contributed by atoms with Crippen LogP contribution in [0.15, 0.2) is 200 Å². The SMILES string of the molecule is c1ccc(-c2nc(-c3ccccc3)n3c(-c4ccc(-c5cc(-c6cccc7ccccc67)nc(-c6cccc7ccccc67)n5)cc4)c4ccccc4c3n2)cc1. The number of rotatable bonds is 6. The number of hydrogen-bond donors (Lipinski definition) is 0. The van der Waals surface area contributed by atoms with Gasteiger partial charge in [0.05, 0.1) is 17.1 Å². The average Bonchev–Trinajstić information content (AvgIpc) is 3.63. The molecule has 0 unspecified atom stereocenters. The highest BCUT2D eigenvalue weighted by Gasteiger charge is 2.21. The number of fused-ring (bicyclic) bond motifs is 5. The molecule has 0 aliphatic rings. The molecule has 11 rings (SSSR count). The Bertz CT molecular complexity index is 3170. The third-order valence-electron chi connectivity index (χ3n) is 10.8. The van der Waals surface area contributed by atoms with Crippen LogP contribution in [-0.4, -0.2) is 24.3 Å². The van der Waals surface area contributed by atoms with Gasteiger partial charge in [0.25, 0.3) is 0 Å². The Morgan fingerprint density at radius 1 is 0.316 bits per heavy atom. The Morgan fingerprint density at radius 2 is 0.842 bits per heavy atom. The zero-order valence-corrected chi connectivity index (χ0v) is 30.8. The van der Waals surface area contributed by atoms with Gasteiger partial charge in [0.2, 0.25) is 0 Å². The molecule has 0 fully saturated rings. The molecule has 57 heavy (non-hydrogen) atoms. The molecule has 3 heterocycles. The van der Waals surface area contributed by atoms with E-state index in [1.165, 1.54) is 5.39 Å². The maximum absolute atomic E-state index is 5.28. The zero-order chi connectivity index (χ0) is 37.7. The van der Waals surface area contributed by atoms with Crippen molar-refractivity contribution in [2.24, 2.45) is 0 Å². The lowest BCUT2D eigenvalue weighted by atomic mass is 9.99. The summed E-state index contributed by atoms with van der Waals surface area (Å²) in [6.45, 7) is 0. The molecule has 266 valence electrons. The van der Waals surface area contributed by atoms with Gasteiger partial charge in [-0.3, -0.25) is 4.40 Å². The molecule has 5 heteroatoms. The van der Waals surface area contributed by atoms with Gasteiger partial charge in [0.1, 0.15) is 11.5 Å². The summed E-state index contributed by atoms with van der Waals surface area (Å²) in [5, 5.41) is 6.79. The maximum atomic E-state index is 5.28. The van der Waals surface area contributed by atoms with E-state index in [1.807, 2.05) is 24.3 Å². The third-order valence-corrected chi connectivity index (χ3v) is 10.8. The topological polar surface area (TPSA) is 56.0 Å². The summed E-state index contributed by atoms with van der Waals surface area (Å²) in [5.41, 5.74) is 9.77. The summed E-state index contributed by atoms with van der Waals surface area (Å²) in [6.07, 6.45) is 0. The Hall–Kier alpha value is -7.76. The van der Waals surface area contributed by atoms with Crippen LogP contribution in [0.3, 0.4) is 0 Å². The molecule has 11 aromatic rings. The average molecular weight is 728 g/mol. The van der Waals surface area contributed by atoms with Crippen molar-refractivity contribution in [1.82, 2.24) is 24.3 Å². The Balaban J connectivity index is 1.11. The minimum absolute atomic E-state index is 0.693. The highest BCUT2D eigenvalue weighted by molar-refractivity contribution is 6.06. The van der Waals surface area contributed by atoms with Gasteiger partial charge in [0, 0.05) is 38.6 Å². The second kappa shape index (κ2) is 13.5. The van der Waals surface area contributed by atoms with Crippen LogP contribution in [0.5, 0.6) is 0 Å². The molecule has 0 aliphatic carbocycles. The van der Waals surface area contributed by atoms with Crippen molar-refractivity contribution < 1.29 is 0 Å². The predicted octanol–water partition coefficient (Wildman–Crippen LogP) is 13.0. The molecular weight excluding hydrogens is 695 g/mol. The molecular formula is C52H33N5. The van der Waals surface area contributed by atoms with Crippen LogP contribution in [0, 0.1) is 0 Å². The highest BCUT2D eigenvalue weighted by Crippen LogP contribution is 2.39. The molecule has 0 saturated carbocycles. The van der Waals surface area contributed by atoms with Crippen LogP contribution in [0.2, 0.25) is 0 Å².